The molecule has 0 aromatic heterocycles. The van der Waals surface area contributed by atoms with Crippen LogP contribution in [-0.2, 0) is 49.0 Å². The van der Waals surface area contributed by atoms with Crippen LogP contribution in [0.4, 0.5) is 21.0 Å². The number of ether oxygens (including phenoxy) is 6. The lowest BCUT2D eigenvalue weighted by Crippen LogP contribution is -2.72. The minimum atomic E-state index is -1.08. The van der Waals surface area contributed by atoms with E-state index in [4.69, 9.17) is 49.8 Å². The first kappa shape index (κ1) is 65.5. The zero-order valence-corrected chi connectivity index (χ0v) is 56.3. The number of carbonyl (C=O) groups excluding carboxylic acids is 2. The predicted octanol–water partition coefficient (Wildman–Crippen LogP) is 15.7. The van der Waals surface area contributed by atoms with E-state index in [1.165, 1.54) is 45.1 Å². The summed E-state index contributed by atoms with van der Waals surface area (Å²) in [6, 6.07) is 17.6. The van der Waals surface area contributed by atoms with Gasteiger partial charge in [0.1, 0.15) is 12.1 Å². The zero-order chi connectivity index (χ0) is 63.4. The molecule has 8 fully saturated rings. The fraction of sp³-hybridized carbons (Fsp3) is 0.689. The average Bonchev–Trinajstić information content (AvgIpc) is 1.09. The Morgan fingerprint density at radius 1 is 0.700 bits per heavy atom. The van der Waals surface area contributed by atoms with E-state index < -0.39 is 54.3 Å². The van der Waals surface area contributed by atoms with Crippen LogP contribution in [0.25, 0.3) is 0 Å². The Kier molecular flexibility index (Phi) is 19.1. The number of alkyl carbamates (subject to hydrolysis) is 2. The van der Waals surface area contributed by atoms with Crippen LogP contribution in [0.2, 0.25) is 0 Å². The topological polar surface area (TPSA) is 159 Å². The van der Waals surface area contributed by atoms with Crippen LogP contribution in [0, 0.1) is 40.9 Å². The Hall–Kier alpha value is -4.58. The van der Waals surface area contributed by atoms with Gasteiger partial charge in [0, 0.05) is 95.7 Å². The number of nitrogens with zero attached hydrogens (tertiary/aromatic N) is 2. The van der Waals surface area contributed by atoms with Crippen LogP contribution in [0.3, 0.4) is 0 Å². The molecule has 492 valence electrons. The Bertz CT molecular complexity index is 3140. The molecule has 11 aliphatic rings. The minimum Gasteiger partial charge on any atom is -0.420 e. The van der Waals surface area contributed by atoms with Gasteiger partial charge >= 0.3 is 12.2 Å². The number of unbranched alkanes of at least 4 members (excludes halogenated alkanes) is 6. The summed E-state index contributed by atoms with van der Waals surface area (Å²) in [4.78, 5) is 41.3. The molecule has 6 saturated heterocycles. The van der Waals surface area contributed by atoms with Gasteiger partial charge in [-0.25, -0.2) is 19.4 Å². The quantitative estimate of drug-likeness (QED) is 0.0695. The fourth-order valence-corrected chi connectivity index (χ4v) is 18.5. The molecule has 2 aromatic rings. The van der Waals surface area contributed by atoms with Crippen LogP contribution in [-0.4, -0.2) is 102 Å². The first-order valence-electron chi connectivity index (χ1n) is 34.8. The molecule has 15 nitrogen and oxygen atoms in total. The van der Waals surface area contributed by atoms with E-state index in [-0.39, 0.29) is 46.0 Å². The highest BCUT2D eigenvalue weighted by Crippen LogP contribution is 2.65. The third-order valence-electron chi connectivity index (χ3n) is 23.5. The lowest BCUT2D eigenvalue weighted by atomic mass is 9.53. The second-order valence-electron chi connectivity index (χ2n) is 30.1. The van der Waals surface area contributed by atoms with Crippen molar-refractivity contribution in [1.82, 2.24) is 10.6 Å². The van der Waals surface area contributed by atoms with Gasteiger partial charge in [-0.3, -0.25) is 0 Å². The van der Waals surface area contributed by atoms with Crippen LogP contribution < -0.4 is 15.5 Å². The van der Waals surface area contributed by atoms with Gasteiger partial charge in [-0.2, -0.15) is 4.58 Å². The number of hydrogen-bond acceptors (Lipinski definition) is 12. The molecule has 2 saturated carbocycles. The molecule has 2 aromatic carbocycles. The molecule has 2 amide bonds. The molecule has 8 heterocycles. The van der Waals surface area contributed by atoms with Gasteiger partial charge < -0.3 is 49.1 Å². The van der Waals surface area contributed by atoms with Crippen molar-refractivity contribution < 1.29 is 57.5 Å². The first-order valence-corrected chi connectivity index (χ1v) is 35.2. The Balaban J connectivity index is 0.627. The summed E-state index contributed by atoms with van der Waals surface area (Å²) in [5.41, 5.74) is 7.55. The third-order valence-corrected chi connectivity index (χ3v) is 24.0. The summed E-state index contributed by atoms with van der Waals surface area (Å²) < 4.78 is 40.0. The molecule has 15 atom stereocenters. The van der Waals surface area contributed by atoms with Crippen molar-refractivity contribution in [3.05, 3.63) is 106 Å². The molecule has 0 radical (unpaired) electrons. The summed E-state index contributed by atoms with van der Waals surface area (Å²) >= 11 is 7.47. The molecule has 8 aliphatic heterocycles. The smallest absolute Gasteiger partial charge is 0.409 e. The normalized spacial score (nSPS) is 37.3. The minimum absolute atomic E-state index is 0.0361. The number of para-hydroxylation sites is 2. The van der Waals surface area contributed by atoms with Crippen molar-refractivity contribution in [2.45, 2.75) is 257 Å². The summed E-state index contributed by atoms with van der Waals surface area (Å²) in [7, 11) is 0. The van der Waals surface area contributed by atoms with Crippen molar-refractivity contribution >= 4 is 40.9 Å². The van der Waals surface area contributed by atoms with Crippen molar-refractivity contribution in [2.75, 3.05) is 31.1 Å². The maximum atomic E-state index is 13.2. The highest BCUT2D eigenvalue weighted by molar-refractivity contribution is 6.32. The summed E-state index contributed by atoms with van der Waals surface area (Å²) in [6.45, 7) is 24.9. The molecular formula is C74H104ClN4O11+. The summed E-state index contributed by atoms with van der Waals surface area (Å²) in [5.74, 6) is 0.0886. The number of rotatable bonds is 19. The van der Waals surface area contributed by atoms with Crippen LogP contribution in [0.1, 0.15) is 209 Å². The van der Waals surface area contributed by atoms with E-state index in [0.717, 1.165) is 140 Å². The van der Waals surface area contributed by atoms with Gasteiger partial charge in [-0.1, -0.05) is 121 Å². The zero-order valence-electron chi connectivity index (χ0n) is 55.6. The Morgan fingerprint density at radius 2 is 1.40 bits per heavy atom. The Morgan fingerprint density at radius 3 is 2.19 bits per heavy atom. The van der Waals surface area contributed by atoms with Crippen LogP contribution in [0.15, 0.2) is 94.7 Å². The van der Waals surface area contributed by atoms with E-state index in [1.54, 1.807) is 0 Å². The third kappa shape index (κ3) is 12.2. The average molecular weight is 1260 g/mol. The number of aliphatic hydroxyl groups is 1. The molecule has 13 rings (SSSR count). The first-order chi connectivity index (χ1) is 43.1. The SMILES string of the molecule is C[C@@H]1CC[C@@H]2[C@@H](C)CC[C@@H]3[C@H](C)C(OC(=O)NCCCCCCN4/C(=C/C=C5\CCCC(/C=C/C6=[N+](CCCCCCNC(=O)OC7C[C@]8(C)CC[C@H](C)[C@H]9CC[C@]%10(C)OO[C@@]98[C@@H](O7)O%10)c7ccccc7C6(C)C)=C5Cl)C(C)(C)c5ccccc54)O[C@@H](O1)[C@@]32O. The molecule has 3 aliphatic carbocycles. The molecule has 1 spiro atoms. The molecule has 2 unspecified atom stereocenters. The number of allylic oxidation sites excluding steroid dienone is 8. The fourth-order valence-electron chi connectivity index (χ4n) is 18.2. The van der Waals surface area contributed by atoms with Crippen molar-refractivity contribution in [2.24, 2.45) is 40.9 Å². The predicted molar refractivity (Wildman–Crippen MR) is 349 cm³/mol. The van der Waals surface area contributed by atoms with Crippen molar-refractivity contribution in [3.8, 4) is 0 Å². The summed E-state index contributed by atoms with van der Waals surface area (Å²) in [5, 5.41) is 19.1. The van der Waals surface area contributed by atoms with Gasteiger partial charge in [0.05, 0.1) is 11.5 Å². The van der Waals surface area contributed by atoms with E-state index in [9.17, 15) is 14.7 Å². The molecule has 3 N–H and O–H groups in total. The monoisotopic (exact) mass is 1260 g/mol. The highest BCUT2D eigenvalue weighted by Gasteiger charge is 2.73. The van der Waals surface area contributed by atoms with E-state index >= 15 is 0 Å². The van der Waals surface area contributed by atoms with Gasteiger partial charge in [-0.05, 0) is 170 Å². The lowest BCUT2D eigenvalue weighted by Gasteiger charge is -2.62. The maximum Gasteiger partial charge on any atom is 0.409 e. The van der Waals surface area contributed by atoms with Gasteiger partial charge in [-0.15, -0.1) is 0 Å². The number of nitrogens with one attached hydrogen (secondary N) is 2. The number of anilines is 1. The largest absolute Gasteiger partial charge is 0.420 e. The van der Waals surface area contributed by atoms with Gasteiger partial charge in [0.15, 0.2) is 23.9 Å². The Labute approximate surface area is 541 Å². The lowest BCUT2D eigenvalue weighted by molar-refractivity contribution is -0.581. The second kappa shape index (κ2) is 26.3. The van der Waals surface area contributed by atoms with Gasteiger partial charge in [0.25, 0.3) is 0 Å². The number of amides is 2. The van der Waals surface area contributed by atoms with Crippen molar-refractivity contribution in [1.29, 1.82) is 0 Å². The number of fused-ring (bicyclic) bond motifs is 4. The van der Waals surface area contributed by atoms with E-state index in [2.05, 4.69) is 141 Å². The number of carbonyl (C=O) groups is 2. The molecule has 90 heavy (non-hydrogen) atoms. The highest BCUT2D eigenvalue weighted by atomic mass is 35.5. The van der Waals surface area contributed by atoms with Crippen LogP contribution in [0.5, 0.6) is 0 Å². The summed E-state index contributed by atoms with van der Waals surface area (Å²) in [6.07, 6.45) is 23.7. The molecular weight excluding hydrogens is 1160 g/mol. The number of benzene rings is 2. The maximum absolute atomic E-state index is 13.2. The number of halogens is 1. The number of hydrogen-bond donors (Lipinski definition) is 3. The van der Waals surface area contributed by atoms with Crippen LogP contribution >= 0.6 is 11.6 Å². The molecule has 16 heteroatoms. The van der Waals surface area contributed by atoms with E-state index in [1.807, 2.05) is 20.8 Å². The second-order valence-corrected chi connectivity index (χ2v) is 30.5. The van der Waals surface area contributed by atoms with Crippen molar-refractivity contribution in [3.63, 3.8) is 0 Å². The molecule has 2 bridgehead atoms. The standard InChI is InChI=1S/C74H103ClN4O11/c1-47-30-34-55-50(4)64(86-65-73(55,82)53(47)35-31-49(3)83-65)87-68(81)77-43-20-12-14-22-45-79-59-29-18-16-27-57(59)70(7,8)61(79)37-33-52-25-23-24-51(63(52)75)32-36-60-69(5,6)56-26-15-17-28-58(56)78(60)44-21-13-11-19-42-76-67(80)85-62-46-71(9)40-38-48(2)54-39-41-72(10)88-66(84-62)74(54,71)90-89-72/h15-18,26-29,32-33,36-37,47-50,53-55,62,64-66,82H,11-14,19-25,30-31,34-35,38-46H2,1-10H3,(H-,76,77,80,81)/p+1/t47-,48-,49+,50-,53+,54+,55+,62?,64?,65+,66-,71-,72-,73-,74+/m0/s1. The van der Waals surface area contributed by atoms with E-state index in [0.29, 0.717) is 31.3 Å². The van der Waals surface area contributed by atoms with Gasteiger partial charge in [0.2, 0.25) is 24.1 Å².